The molecule has 0 aliphatic carbocycles. The summed E-state index contributed by atoms with van der Waals surface area (Å²) in [5, 5.41) is 2.64. The molecule has 21 heavy (non-hydrogen) atoms. The third-order valence-corrected chi connectivity index (χ3v) is 2.73. The fourth-order valence-electron chi connectivity index (χ4n) is 1.65. The van der Waals surface area contributed by atoms with Crippen LogP contribution in [0.25, 0.3) is 6.08 Å². The van der Waals surface area contributed by atoms with E-state index in [-0.39, 0.29) is 11.7 Å². The Labute approximate surface area is 121 Å². The minimum atomic E-state index is -0.524. The fourth-order valence-corrected chi connectivity index (χ4v) is 1.65. The minimum Gasteiger partial charge on any atom is -0.366 e. The first kappa shape index (κ1) is 14.5. The Morgan fingerprint density at radius 2 is 1.62 bits per heavy atom. The highest BCUT2D eigenvalue weighted by molar-refractivity contribution is 6.02. The lowest BCUT2D eigenvalue weighted by Gasteiger charge is -2.02. The first-order valence-electron chi connectivity index (χ1n) is 6.19. The number of primary amides is 1. The van der Waals surface area contributed by atoms with Crippen molar-refractivity contribution in [2.24, 2.45) is 5.73 Å². The quantitative estimate of drug-likeness (QED) is 0.847. The second-order valence-corrected chi connectivity index (χ2v) is 4.32. The van der Waals surface area contributed by atoms with Gasteiger partial charge in [0.05, 0.1) is 0 Å². The molecule has 3 N–H and O–H groups in total. The van der Waals surface area contributed by atoms with Crippen molar-refractivity contribution in [3.63, 3.8) is 0 Å². The Balaban J connectivity index is 1.98. The molecule has 5 heteroatoms. The van der Waals surface area contributed by atoms with Crippen molar-refractivity contribution in [3.8, 4) is 0 Å². The van der Waals surface area contributed by atoms with Crippen LogP contribution in [0, 0.1) is 5.82 Å². The van der Waals surface area contributed by atoms with Crippen LogP contribution in [0.2, 0.25) is 0 Å². The molecule has 2 aromatic rings. The van der Waals surface area contributed by atoms with E-state index in [0.717, 1.165) is 5.56 Å². The summed E-state index contributed by atoms with van der Waals surface area (Å²) in [6.45, 7) is 0. The van der Waals surface area contributed by atoms with Crippen LogP contribution in [0.4, 0.5) is 10.1 Å². The van der Waals surface area contributed by atoms with E-state index in [9.17, 15) is 14.0 Å². The number of hydrogen-bond donors (Lipinski definition) is 2. The highest BCUT2D eigenvalue weighted by Gasteiger charge is 2.01. The van der Waals surface area contributed by atoms with E-state index in [1.54, 1.807) is 30.3 Å². The second-order valence-electron chi connectivity index (χ2n) is 4.32. The van der Waals surface area contributed by atoms with E-state index in [2.05, 4.69) is 5.32 Å². The molecule has 0 unspecified atom stereocenters. The number of nitrogens with two attached hydrogens (primary N) is 1. The van der Waals surface area contributed by atoms with Crippen LogP contribution in [-0.2, 0) is 4.79 Å². The van der Waals surface area contributed by atoms with Crippen LogP contribution in [-0.4, -0.2) is 11.8 Å². The summed E-state index contributed by atoms with van der Waals surface area (Å²) in [5.41, 5.74) is 6.76. The molecule has 0 saturated carbocycles. The molecule has 106 valence electrons. The Kier molecular flexibility index (Phi) is 4.46. The molecule has 0 aromatic heterocycles. The molecule has 2 aromatic carbocycles. The van der Waals surface area contributed by atoms with Gasteiger partial charge in [0.25, 0.3) is 0 Å². The monoisotopic (exact) mass is 284 g/mol. The standard InChI is InChI=1S/C16H13FN2O2/c17-13-6-1-11(2-7-13)3-10-15(20)19-14-8-4-12(5-9-14)16(18)21/h1-10H,(H2,18,21)(H,19,20). The average molecular weight is 284 g/mol. The largest absolute Gasteiger partial charge is 0.366 e. The maximum Gasteiger partial charge on any atom is 0.248 e. The minimum absolute atomic E-state index is 0.328. The lowest BCUT2D eigenvalue weighted by Crippen LogP contribution is -2.11. The van der Waals surface area contributed by atoms with Gasteiger partial charge in [-0.1, -0.05) is 12.1 Å². The first-order valence-corrected chi connectivity index (χ1v) is 6.19. The molecule has 0 aliphatic heterocycles. The Hall–Kier alpha value is -2.95. The molecule has 2 amide bonds. The maximum absolute atomic E-state index is 12.7. The van der Waals surface area contributed by atoms with E-state index >= 15 is 0 Å². The van der Waals surface area contributed by atoms with Gasteiger partial charge in [0.2, 0.25) is 11.8 Å². The summed E-state index contributed by atoms with van der Waals surface area (Å²) in [6.07, 6.45) is 2.92. The third kappa shape index (κ3) is 4.28. The van der Waals surface area contributed by atoms with Gasteiger partial charge in [-0.15, -0.1) is 0 Å². The molecule has 0 heterocycles. The highest BCUT2D eigenvalue weighted by Crippen LogP contribution is 2.10. The van der Waals surface area contributed by atoms with E-state index < -0.39 is 5.91 Å². The van der Waals surface area contributed by atoms with Gasteiger partial charge in [-0.2, -0.15) is 0 Å². The number of carbonyl (C=O) groups is 2. The predicted octanol–water partition coefficient (Wildman–Crippen LogP) is 2.58. The number of hydrogen-bond acceptors (Lipinski definition) is 2. The Morgan fingerprint density at radius 3 is 2.19 bits per heavy atom. The lowest BCUT2D eigenvalue weighted by atomic mass is 10.2. The molecular formula is C16H13FN2O2. The molecule has 4 nitrogen and oxygen atoms in total. The third-order valence-electron chi connectivity index (χ3n) is 2.73. The van der Waals surface area contributed by atoms with Crippen molar-refractivity contribution in [3.05, 3.63) is 71.6 Å². The predicted molar refractivity (Wildman–Crippen MR) is 79.0 cm³/mol. The summed E-state index contributed by atoms with van der Waals surface area (Å²) in [4.78, 5) is 22.6. The number of benzene rings is 2. The number of nitrogens with one attached hydrogen (secondary N) is 1. The van der Waals surface area contributed by atoms with Crippen molar-refractivity contribution >= 4 is 23.6 Å². The molecule has 0 radical (unpaired) electrons. The van der Waals surface area contributed by atoms with Crippen molar-refractivity contribution in [2.75, 3.05) is 5.32 Å². The summed E-state index contributed by atoms with van der Waals surface area (Å²) in [7, 11) is 0. The van der Waals surface area contributed by atoms with Crippen molar-refractivity contribution in [1.29, 1.82) is 0 Å². The summed E-state index contributed by atoms with van der Waals surface area (Å²) >= 11 is 0. The SMILES string of the molecule is NC(=O)c1ccc(NC(=O)C=Cc2ccc(F)cc2)cc1. The topological polar surface area (TPSA) is 72.2 Å². The smallest absolute Gasteiger partial charge is 0.248 e. The first-order chi connectivity index (χ1) is 10.0. The normalized spacial score (nSPS) is 10.5. The van der Waals surface area contributed by atoms with Crippen LogP contribution in [0.1, 0.15) is 15.9 Å². The van der Waals surface area contributed by atoms with Crippen molar-refractivity contribution < 1.29 is 14.0 Å². The molecule has 0 saturated heterocycles. The number of anilines is 1. The lowest BCUT2D eigenvalue weighted by molar-refractivity contribution is -0.111. The zero-order valence-corrected chi connectivity index (χ0v) is 11.0. The van der Waals surface area contributed by atoms with Crippen LogP contribution in [0.15, 0.2) is 54.6 Å². The summed E-state index contributed by atoms with van der Waals surface area (Å²) in [6, 6.07) is 12.0. The number of halogens is 1. The van der Waals surface area contributed by atoms with Crippen LogP contribution >= 0.6 is 0 Å². The number of amides is 2. The van der Waals surface area contributed by atoms with Gasteiger partial charge in [0, 0.05) is 17.3 Å². The van der Waals surface area contributed by atoms with Crippen molar-refractivity contribution in [2.45, 2.75) is 0 Å². The van der Waals surface area contributed by atoms with E-state index in [4.69, 9.17) is 5.73 Å². The van der Waals surface area contributed by atoms with E-state index in [1.165, 1.54) is 30.3 Å². The summed E-state index contributed by atoms with van der Waals surface area (Å²) in [5.74, 6) is -1.18. The summed E-state index contributed by atoms with van der Waals surface area (Å²) < 4.78 is 12.7. The zero-order chi connectivity index (χ0) is 15.2. The van der Waals surface area contributed by atoms with Crippen molar-refractivity contribution in [1.82, 2.24) is 0 Å². The van der Waals surface area contributed by atoms with Gasteiger partial charge < -0.3 is 11.1 Å². The average Bonchev–Trinajstić information content (AvgIpc) is 2.47. The van der Waals surface area contributed by atoms with Gasteiger partial charge >= 0.3 is 0 Å². The van der Waals surface area contributed by atoms with Crippen LogP contribution < -0.4 is 11.1 Å². The van der Waals surface area contributed by atoms with Crippen LogP contribution in [0.5, 0.6) is 0 Å². The molecule has 0 spiro atoms. The Bertz CT molecular complexity index is 676. The van der Waals surface area contributed by atoms with Gasteiger partial charge in [0.1, 0.15) is 5.82 Å². The highest BCUT2D eigenvalue weighted by atomic mass is 19.1. The maximum atomic E-state index is 12.7. The molecule has 0 bridgehead atoms. The molecule has 0 aliphatic rings. The van der Waals surface area contributed by atoms with E-state index in [0.29, 0.717) is 11.3 Å². The van der Waals surface area contributed by atoms with Gasteiger partial charge in [-0.3, -0.25) is 9.59 Å². The Morgan fingerprint density at radius 1 is 1.00 bits per heavy atom. The van der Waals surface area contributed by atoms with Crippen LogP contribution in [0.3, 0.4) is 0 Å². The number of carbonyl (C=O) groups excluding carboxylic acids is 2. The fraction of sp³-hybridized carbons (Fsp3) is 0. The van der Waals surface area contributed by atoms with Gasteiger partial charge in [-0.25, -0.2) is 4.39 Å². The van der Waals surface area contributed by atoms with Gasteiger partial charge in [-0.05, 0) is 48.0 Å². The number of rotatable bonds is 4. The molecular weight excluding hydrogens is 271 g/mol. The molecule has 2 rings (SSSR count). The zero-order valence-electron chi connectivity index (χ0n) is 11.0. The van der Waals surface area contributed by atoms with Gasteiger partial charge in [0.15, 0.2) is 0 Å². The van der Waals surface area contributed by atoms with E-state index in [1.807, 2.05) is 0 Å². The second kappa shape index (κ2) is 6.47. The molecule has 0 atom stereocenters. The molecule has 0 fully saturated rings.